The minimum atomic E-state index is -4.92. The van der Waals surface area contributed by atoms with Gasteiger partial charge in [0.2, 0.25) is 5.91 Å². The zero-order chi connectivity index (χ0) is 30.3. The minimum absolute atomic E-state index is 0.0295. The standard InChI is InChI=1S/C32H35F6N3O/c1-40(17-13-24-20-26(31(33,34)35)22-27(21-24)32(36,37)38)30(42)29(25-10-6-3-7-11-25)41-18-14-28(15-19-41)39-16-12-23-8-4-2-5-9-23/h2-11,20-22,28-29,39H,12-19H2,1H3. The van der Waals surface area contributed by atoms with Crippen LogP contribution in [0.4, 0.5) is 26.3 Å². The molecule has 0 spiro atoms. The molecule has 1 saturated heterocycles. The van der Waals surface area contributed by atoms with Gasteiger partial charge >= 0.3 is 12.4 Å². The topological polar surface area (TPSA) is 35.6 Å². The molecule has 0 bridgehead atoms. The van der Waals surface area contributed by atoms with Gasteiger partial charge < -0.3 is 10.2 Å². The Morgan fingerprint density at radius 2 is 1.38 bits per heavy atom. The second-order valence-corrected chi connectivity index (χ2v) is 10.7. The first-order valence-corrected chi connectivity index (χ1v) is 14.0. The van der Waals surface area contributed by atoms with Crippen molar-refractivity contribution in [2.45, 2.75) is 50.1 Å². The molecule has 0 aliphatic carbocycles. The van der Waals surface area contributed by atoms with Gasteiger partial charge in [0.05, 0.1) is 11.1 Å². The second kappa shape index (κ2) is 13.7. The fourth-order valence-corrected chi connectivity index (χ4v) is 5.35. The Morgan fingerprint density at radius 3 is 1.93 bits per heavy atom. The summed E-state index contributed by atoms with van der Waals surface area (Å²) in [6.45, 7) is 2.16. The summed E-state index contributed by atoms with van der Waals surface area (Å²) in [6.07, 6.45) is -7.37. The average Bonchev–Trinajstić information content (AvgIpc) is 2.97. The van der Waals surface area contributed by atoms with Crippen LogP contribution in [-0.2, 0) is 30.0 Å². The number of halogens is 6. The predicted molar refractivity (Wildman–Crippen MR) is 150 cm³/mol. The van der Waals surface area contributed by atoms with E-state index in [0.717, 1.165) is 43.5 Å². The fourth-order valence-electron chi connectivity index (χ4n) is 5.35. The smallest absolute Gasteiger partial charge is 0.344 e. The monoisotopic (exact) mass is 591 g/mol. The molecule has 1 N–H and O–H groups in total. The van der Waals surface area contributed by atoms with Gasteiger partial charge in [-0.05, 0) is 67.1 Å². The van der Waals surface area contributed by atoms with Crippen molar-refractivity contribution in [2.75, 3.05) is 33.2 Å². The highest BCUT2D eigenvalue weighted by Gasteiger charge is 2.37. The van der Waals surface area contributed by atoms with E-state index in [-0.39, 0.29) is 30.5 Å². The summed E-state index contributed by atoms with van der Waals surface area (Å²) in [6, 6.07) is 20.8. The normalized spacial score (nSPS) is 15.9. The maximum absolute atomic E-state index is 13.7. The number of rotatable bonds is 10. The summed E-state index contributed by atoms with van der Waals surface area (Å²) in [5.41, 5.74) is -0.786. The van der Waals surface area contributed by atoms with E-state index in [2.05, 4.69) is 22.3 Å². The minimum Gasteiger partial charge on any atom is -0.344 e. The average molecular weight is 592 g/mol. The van der Waals surface area contributed by atoms with Crippen molar-refractivity contribution in [1.82, 2.24) is 15.1 Å². The maximum atomic E-state index is 13.7. The van der Waals surface area contributed by atoms with Crippen LogP contribution in [0.5, 0.6) is 0 Å². The molecule has 4 rings (SSSR count). The summed E-state index contributed by atoms with van der Waals surface area (Å²) in [5.74, 6) is -0.250. The highest BCUT2D eigenvalue weighted by Crippen LogP contribution is 2.36. The molecule has 3 aromatic carbocycles. The first-order chi connectivity index (χ1) is 19.9. The van der Waals surface area contributed by atoms with Gasteiger partial charge in [-0.25, -0.2) is 0 Å². The molecule has 0 saturated carbocycles. The number of nitrogens with zero attached hydrogens (tertiary/aromatic N) is 2. The van der Waals surface area contributed by atoms with Crippen LogP contribution in [0, 0.1) is 0 Å². The molecule has 1 amide bonds. The maximum Gasteiger partial charge on any atom is 0.416 e. The number of alkyl halides is 6. The van der Waals surface area contributed by atoms with Crippen LogP contribution in [0.15, 0.2) is 78.9 Å². The molecule has 1 heterocycles. The molecule has 3 aromatic rings. The molecule has 0 aromatic heterocycles. The van der Waals surface area contributed by atoms with Gasteiger partial charge in [0.15, 0.2) is 0 Å². The van der Waals surface area contributed by atoms with Crippen molar-refractivity contribution >= 4 is 5.91 Å². The van der Waals surface area contributed by atoms with Crippen molar-refractivity contribution in [3.05, 3.63) is 107 Å². The number of piperidine rings is 1. The number of benzene rings is 3. The SMILES string of the molecule is CN(CCc1cc(C(F)(F)F)cc(C(F)(F)F)c1)C(=O)C(c1ccccc1)N1CCC(NCCc2ccccc2)CC1. The summed E-state index contributed by atoms with van der Waals surface area (Å²) in [5, 5.41) is 3.61. The molecule has 4 nitrogen and oxygen atoms in total. The molecular formula is C32H35F6N3O. The van der Waals surface area contributed by atoms with E-state index in [1.807, 2.05) is 48.5 Å². The highest BCUT2D eigenvalue weighted by atomic mass is 19.4. The van der Waals surface area contributed by atoms with Gasteiger partial charge in [-0.2, -0.15) is 26.3 Å². The third kappa shape index (κ3) is 8.58. The molecule has 1 atom stereocenters. The van der Waals surface area contributed by atoms with E-state index in [0.29, 0.717) is 19.1 Å². The number of hydrogen-bond donors (Lipinski definition) is 1. The lowest BCUT2D eigenvalue weighted by Crippen LogP contribution is -2.48. The Kier molecular flexibility index (Phi) is 10.3. The van der Waals surface area contributed by atoms with Crippen LogP contribution < -0.4 is 5.32 Å². The van der Waals surface area contributed by atoms with Crippen LogP contribution in [0.1, 0.15) is 46.7 Å². The Bertz CT molecular complexity index is 1260. The highest BCUT2D eigenvalue weighted by molar-refractivity contribution is 5.83. The summed E-state index contributed by atoms with van der Waals surface area (Å²) < 4.78 is 79.8. The Balaban J connectivity index is 1.41. The summed E-state index contributed by atoms with van der Waals surface area (Å²) in [7, 11) is 1.54. The fraction of sp³-hybridized carbons (Fsp3) is 0.406. The Labute approximate surface area is 242 Å². The second-order valence-electron chi connectivity index (χ2n) is 10.7. The van der Waals surface area contributed by atoms with Crippen molar-refractivity contribution in [2.24, 2.45) is 0 Å². The van der Waals surface area contributed by atoms with Gasteiger partial charge in [-0.1, -0.05) is 60.7 Å². The molecule has 10 heteroatoms. The third-order valence-corrected chi connectivity index (χ3v) is 7.69. The number of carbonyl (C=O) groups excluding carboxylic acids is 1. The number of likely N-dealkylation sites (tertiary alicyclic amines) is 1. The predicted octanol–water partition coefficient (Wildman–Crippen LogP) is 6.76. The quantitative estimate of drug-likeness (QED) is 0.265. The number of carbonyl (C=O) groups is 1. The van der Waals surface area contributed by atoms with Gasteiger partial charge in [-0.3, -0.25) is 9.69 Å². The van der Waals surface area contributed by atoms with Crippen LogP contribution in [0.3, 0.4) is 0 Å². The molecule has 1 aliphatic heterocycles. The van der Waals surface area contributed by atoms with Crippen LogP contribution >= 0.6 is 0 Å². The molecule has 1 unspecified atom stereocenters. The van der Waals surface area contributed by atoms with Crippen molar-refractivity contribution in [1.29, 1.82) is 0 Å². The zero-order valence-electron chi connectivity index (χ0n) is 23.4. The summed E-state index contributed by atoms with van der Waals surface area (Å²) in [4.78, 5) is 17.2. The molecule has 1 fully saturated rings. The molecule has 226 valence electrons. The first kappa shape index (κ1) is 31.6. The van der Waals surface area contributed by atoms with E-state index < -0.39 is 29.5 Å². The molecule has 0 radical (unpaired) electrons. The molecular weight excluding hydrogens is 556 g/mol. The van der Waals surface area contributed by atoms with Gasteiger partial charge in [0.1, 0.15) is 6.04 Å². The van der Waals surface area contributed by atoms with E-state index in [9.17, 15) is 31.1 Å². The van der Waals surface area contributed by atoms with Crippen molar-refractivity contribution in [3.8, 4) is 0 Å². The molecule has 1 aliphatic rings. The zero-order valence-corrected chi connectivity index (χ0v) is 23.4. The number of nitrogens with one attached hydrogen (secondary N) is 1. The Morgan fingerprint density at radius 1 is 0.833 bits per heavy atom. The van der Waals surface area contributed by atoms with E-state index in [4.69, 9.17) is 0 Å². The van der Waals surface area contributed by atoms with E-state index in [1.54, 1.807) is 0 Å². The van der Waals surface area contributed by atoms with Gasteiger partial charge in [-0.15, -0.1) is 0 Å². The first-order valence-electron chi connectivity index (χ1n) is 14.0. The Hall–Kier alpha value is -3.37. The van der Waals surface area contributed by atoms with Crippen LogP contribution in [0.25, 0.3) is 0 Å². The van der Waals surface area contributed by atoms with Crippen molar-refractivity contribution in [3.63, 3.8) is 0 Å². The number of amides is 1. The lowest BCUT2D eigenvalue weighted by molar-refractivity contribution is -0.143. The van der Waals surface area contributed by atoms with Gasteiger partial charge in [0, 0.05) is 32.7 Å². The van der Waals surface area contributed by atoms with Crippen LogP contribution in [0.2, 0.25) is 0 Å². The molecule has 42 heavy (non-hydrogen) atoms. The van der Waals surface area contributed by atoms with E-state index >= 15 is 0 Å². The van der Waals surface area contributed by atoms with Gasteiger partial charge in [0.25, 0.3) is 0 Å². The van der Waals surface area contributed by atoms with E-state index in [1.165, 1.54) is 17.5 Å². The lowest BCUT2D eigenvalue weighted by Gasteiger charge is -2.38. The van der Waals surface area contributed by atoms with Crippen LogP contribution in [-0.4, -0.2) is 55.0 Å². The lowest BCUT2D eigenvalue weighted by atomic mass is 9.97. The third-order valence-electron chi connectivity index (χ3n) is 7.69. The largest absolute Gasteiger partial charge is 0.416 e. The summed E-state index contributed by atoms with van der Waals surface area (Å²) >= 11 is 0. The van der Waals surface area contributed by atoms with Crippen molar-refractivity contribution < 1.29 is 31.1 Å². The number of hydrogen-bond acceptors (Lipinski definition) is 3. The number of likely N-dealkylation sites (N-methyl/N-ethyl adjacent to an activating group) is 1.